The molecule has 0 atom stereocenters. The maximum absolute atomic E-state index is 5.90. The first-order chi connectivity index (χ1) is 9.11. The number of hydrogen-bond acceptors (Lipinski definition) is 6. The third-order valence-corrected chi connectivity index (χ3v) is 2.69. The predicted molar refractivity (Wildman–Crippen MR) is 77.0 cm³/mol. The van der Waals surface area contributed by atoms with Gasteiger partial charge in [-0.15, -0.1) is 0 Å². The highest BCUT2D eigenvalue weighted by Gasteiger charge is 2.08. The lowest BCUT2D eigenvalue weighted by atomic mass is 10.2. The molecule has 0 radical (unpaired) electrons. The van der Waals surface area contributed by atoms with Gasteiger partial charge in [0.1, 0.15) is 12.0 Å². The summed E-state index contributed by atoms with van der Waals surface area (Å²) in [7, 11) is 5.51. The Hall–Kier alpha value is -2.50. The standard InChI is InChI=1S/C13H17N5O/c1-18(2)10-6-4-9(5-7-10)17-12-11(14)13(19-3)16-8-15-12/h4-8H,14H2,1-3H3,(H,15,16,17). The molecule has 2 rings (SSSR count). The van der Waals surface area contributed by atoms with Crippen LogP contribution in [0.1, 0.15) is 0 Å². The number of methoxy groups -OCH3 is 1. The largest absolute Gasteiger partial charge is 0.479 e. The van der Waals surface area contributed by atoms with Crippen molar-refractivity contribution in [2.24, 2.45) is 0 Å². The smallest absolute Gasteiger partial charge is 0.242 e. The van der Waals surface area contributed by atoms with Gasteiger partial charge in [-0.05, 0) is 24.3 Å². The van der Waals surface area contributed by atoms with Gasteiger partial charge < -0.3 is 20.7 Å². The zero-order chi connectivity index (χ0) is 13.8. The molecule has 1 heterocycles. The van der Waals surface area contributed by atoms with Gasteiger partial charge in [-0.25, -0.2) is 4.98 Å². The second-order valence-corrected chi connectivity index (χ2v) is 4.21. The van der Waals surface area contributed by atoms with Crippen molar-refractivity contribution in [3.05, 3.63) is 30.6 Å². The van der Waals surface area contributed by atoms with E-state index in [2.05, 4.69) is 15.3 Å². The molecular formula is C13H17N5O. The Labute approximate surface area is 112 Å². The van der Waals surface area contributed by atoms with Gasteiger partial charge in [0.15, 0.2) is 5.82 Å². The number of nitrogens with two attached hydrogens (primary N) is 1. The van der Waals surface area contributed by atoms with Gasteiger partial charge in [0.25, 0.3) is 0 Å². The maximum Gasteiger partial charge on any atom is 0.242 e. The van der Waals surface area contributed by atoms with Crippen LogP contribution < -0.4 is 20.7 Å². The molecule has 0 saturated heterocycles. The van der Waals surface area contributed by atoms with Gasteiger partial charge >= 0.3 is 0 Å². The zero-order valence-corrected chi connectivity index (χ0v) is 11.2. The summed E-state index contributed by atoms with van der Waals surface area (Å²) in [5.41, 5.74) is 8.31. The lowest BCUT2D eigenvalue weighted by Gasteiger charge is -2.14. The number of nitrogens with zero attached hydrogens (tertiary/aromatic N) is 3. The van der Waals surface area contributed by atoms with Gasteiger partial charge in [0.05, 0.1) is 7.11 Å². The summed E-state index contributed by atoms with van der Waals surface area (Å²) in [5.74, 6) is 0.895. The molecule has 0 fully saturated rings. The fourth-order valence-electron chi connectivity index (χ4n) is 1.62. The molecular weight excluding hydrogens is 242 g/mol. The van der Waals surface area contributed by atoms with Crippen LogP contribution in [0.25, 0.3) is 0 Å². The van der Waals surface area contributed by atoms with E-state index in [9.17, 15) is 0 Å². The number of aromatic nitrogens is 2. The SMILES string of the molecule is COc1ncnc(Nc2ccc(N(C)C)cc2)c1N. The molecule has 2 aromatic rings. The van der Waals surface area contributed by atoms with Crippen LogP contribution in [0.2, 0.25) is 0 Å². The summed E-state index contributed by atoms with van der Waals surface area (Å²) >= 11 is 0. The van der Waals surface area contributed by atoms with Crippen LogP contribution in [-0.2, 0) is 0 Å². The summed E-state index contributed by atoms with van der Waals surface area (Å²) in [6.45, 7) is 0. The van der Waals surface area contributed by atoms with Crippen molar-refractivity contribution in [2.45, 2.75) is 0 Å². The molecule has 0 spiro atoms. The molecule has 19 heavy (non-hydrogen) atoms. The van der Waals surface area contributed by atoms with Gasteiger partial charge in [-0.1, -0.05) is 0 Å². The molecule has 0 saturated carbocycles. The Kier molecular flexibility index (Phi) is 3.70. The number of ether oxygens (including phenoxy) is 1. The zero-order valence-electron chi connectivity index (χ0n) is 11.2. The Morgan fingerprint density at radius 1 is 1.16 bits per heavy atom. The van der Waals surface area contributed by atoms with Crippen LogP contribution in [0.4, 0.5) is 22.9 Å². The topological polar surface area (TPSA) is 76.3 Å². The molecule has 0 unspecified atom stereocenters. The van der Waals surface area contributed by atoms with Crippen molar-refractivity contribution in [1.82, 2.24) is 9.97 Å². The molecule has 0 aliphatic heterocycles. The number of benzene rings is 1. The Morgan fingerprint density at radius 2 is 1.84 bits per heavy atom. The van der Waals surface area contributed by atoms with E-state index >= 15 is 0 Å². The van der Waals surface area contributed by atoms with Gasteiger partial charge in [-0.2, -0.15) is 4.98 Å². The highest BCUT2D eigenvalue weighted by Crippen LogP contribution is 2.27. The summed E-state index contributed by atoms with van der Waals surface area (Å²) in [6, 6.07) is 7.95. The molecule has 0 aliphatic carbocycles. The molecule has 100 valence electrons. The number of hydrogen-bond donors (Lipinski definition) is 2. The van der Waals surface area contributed by atoms with Crippen molar-refractivity contribution < 1.29 is 4.74 Å². The lowest BCUT2D eigenvalue weighted by molar-refractivity contribution is 0.399. The minimum atomic E-state index is 0.363. The second-order valence-electron chi connectivity index (χ2n) is 4.21. The highest BCUT2D eigenvalue weighted by atomic mass is 16.5. The number of anilines is 4. The van der Waals surface area contributed by atoms with E-state index in [1.54, 1.807) is 0 Å². The summed E-state index contributed by atoms with van der Waals surface area (Å²) in [6.07, 6.45) is 1.41. The first-order valence-electron chi connectivity index (χ1n) is 5.80. The van der Waals surface area contributed by atoms with Gasteiger partial charge in [-0.3, -0.25) is 0 Å². The summed E-state index contributed by atoms with van der Waals surface area (Å²) in [4.78, 5) is 10.1. The van der Waals surface area contributed by atoms with Crippen molar-refractivity contribution in [2.75, 3.05) is 37.2 Å². The third-order valence-electron chi connectivity index (χ3n) is 2.69. The fraction of sp³-hybridized carbons (Fsp3) is 0.231. The Balaban J connectivity index is 2.21. The van der Waals surface area contributed by atoms with E-state index in [4.69, 9.17) is 10.5 Å². The maximum atomic E-state index is 5.90. The van der Waals surface area contributed by atoms with E-state index in [0.717, 1.165) is 11.4 Å². The van der Waals surface area contributed by atoms with Crippen LogP contribution in [0.3, 0.4) is 0 Å². The minimum Gasteiger partial charge on any atom is -0.479 e. The molecule has 0 amide bonds. The number of nitrogen functional groups attached to an aromatic ring is 1. The normalized spacial score (nSPS) is 10.1. The number of nitrogens with one attached hydrogen (secondary N) is 1. The Morgan fingerprint density at radius 3 is 2.42 bits per heavy atom. The van der Waals surface area contributed by atoms with Crippen LogP contribution in [0.5, 0.6) is 5.88 Å². The van der Waals surface area contributed by atoms with E-state index in [1.807, 2.05) is 43.3 Å². The van der Waals surface area contributed by atoms with Crippen molar-refractivity contribution in [3.8, 4) is 5.88 Å². The lowest BCUT2D eigenvalue weighted by Crippen LogP contribution is -2.08. The molecule has 6 heteroatoms. The van der Waals surface area contributed by atoms with Gasteiger partial charge in [0, 0.05) is 25.5 Å². The van der Waals surface area contributed by atoms with Crippen molar-refractivity contribution in [1.29, 1.82) is 0 Å². The van der Waals surface area contributed by atoms with E-state index in [-0.39, 0.29) is 0 Å². The Bertz CT molecular complexity index is 553. The van der Waals surface area contributed by atoms with Crippen molar-refractivity contribution >= 4 is 22.9 Å². The average Bonchev–Trinajstić information content (AvgIpc) is 2.42. The fourth-order valence-corrected chi connectivity index (χ4v) is 1.62. The average molecular weight is 259 g/mol. The van der Waals surface area contributed by atoms with E-state index in [1.165, 1.54) is 13.4 Å². The highest BCUT2D eigenvalue weighted by molar-refractivity contribution is 5.72. The summed E-state index contributed by atoms with van der Waals surface area (Å²) < 4.78 is 5.05. The van der Waals surface area contributed by atoms with Crippen molar-refractivity contribution in [3.63, 3.8) is 0 Å². The quantitative estimate of drug-likeness (QED) is 0.873. The van der Waals surface area contributed by atoms with E-state index < -0.39 is 0 Å². The monoisotopic (exact) mass is 259 g/mol. The molecule has 0 aliphatic rings. The predicted octanol–water partition coefficient (Wildman–Crippen LogP) is 1.88. The van der Waals surface area contributed by atoms with E-state index in [0.29, 0.717) is 17.4 Å². The first kappa shape index (κ1) is 12.9. The molecule has 0 bridgehead atoms. The van der Waals surface area contributed by atoms with Crippen LogP contribution in [0.15, 0.2) is 30.6 Å². The van der Waals surface area contributed by atoms with Crippen LogP contribution in [0, 0.1) is 0 Å². The molecule has 1 aromatic carbocycles. The molecule has 3 N–H and O–H groups in total. The van der Waals surface area contributed by atoms with Crippen LogP contribution in [-0.4, -0.2) is 31.2 Å². The minimum absolute atomic E-state index is 0.363. The first-order valence-corrected chi connectivity index (χ1v) is 5.80. The molecule has 6 nitrogen and oxygen atoms in total. The summed E-state index contributed by atoms with van der Waals surface area (Å²) in [5, 5.41) is 3.14. The molecule has 1 aromatic heterocycles. The third kappa shape index (κ3) is 2.85. The second kappa shape index (κ2) is 5.43. The number of rotatable bonds is 4. The van der Waals surface area contributed by atoms with Crippen LogP contribution >= 0.6 is 0 Å². The van der Waals surface area contributed by atoms with Gasteiger partial charge in [0.2, 0.25) is 5.88 Å².